The molecule has 0 rings (SSSR count). The molecule has 0 aromatic heterocycles. The highest BCUT2D eigenvalue weighted by atomic mass is 31.2. The van der Waals surface area contributed by atoms with Gasteiger partial charge in [-0.15, -0.1) is 0 Å². The molecule has 0 saturated heterocycles. The van der Waals surface area contributed by atoms with Gasteiger partial charge in [0.15, 0.2) is 0 Å². The molecule has 0 radical (unpaired) electrons. The van der Waals surface area contributed by atoms with Gasteiger partial charge in [0.2, 0.25) is 0 Å². The molecule has 0 aliphatic heterocycles. The van der Waals surface area contributed by atoms with Crippen LogP contribution in [0.4, 0.5) is 0 Å². The Morgan fingerprint density at radius 1 is 0.596 bits per heavy atom. The van der Waals surface area contributed by atoms with Gasteiger partial charge in [0.05, 0.1) is 34.4 Å². The van der Waals surface area contributed by atoms with E-state index in [0.29, 0.717) is 24.1 Å². The minimum atomic E-state index is -4.27. The third kappa shape index (κ3) is 40.2. The molecule has 0 spiro atoms. The van der Waals surface area contributed by atoms with E-state index < -0.39 is 13.9 Å². The van der Waals surface area contributed by atoms with Gasteiger partial charge < -0.3 is 18.9 Å². The lowest BCUT2D eigenvalue weighted by atomic mass is 10.0. The molecule has 8 nitrogen and oxygen atoms in total. The molecular formula is C43H85NO7P+. The Labute approximate surface area is 322 Å². The van der Waals surface area contributed by atoms with Gasteiger partial charge in [-0.2, -0.15) is 0 Å². The number of quaternary nitrogens is 1. The molecule has 0 fully saturated rings. The zero-order valence-electron chi connectivity index (χ0n) is 34.8. The van der Waals surface area contributed by atoms with E-state index in [-0.39, 0.29) is 25.8 Å². The number of ether oxygens (including phenoxy) is 2. The number of carbonyl (C=O) groups is 1. The SMILES string of the molecule is CCCCC/C=C\C/C=C\CCCCCCCC(=O)OC(COCCCCCCCCCCCCCCCCC)COP(=O)(O)OCC[N+](C)(C)C. The van der Waals surface area contributed by atoms with Crippen molar-refractivity contribution < 1.29 is 37.3 Å². The van der Waals surface area contributed by atoms with E-state index in [1.165, 1.54) is 109 Å². The van der Waals surface area contributed by atoms with Gasteiger partial charge in [0, 0.05) is 13.0 Å². The second-order valence-corrected chi connectivity index (χ2v) is 17.2. The van der Waals surface area contributed by atoms with Crippen molar-refractivity contribution in [3.05, 3.63) is 24.3 Å². The molecule has 0 aliphatic carbocycles. The van der Waals surface area contributed by atoms with E-state index >= 15 is 0 Å². The number of esters is 1. The van der Waals surface area contributed by atoms with Crippen LogP contribution >= 0.6 is 7.82 Å². The highest BCUT2D eigenvalue weighted by Crippen LogP contribution is 2.43. The fraction of sp³-hybridized carbons (Fsp3) is 0.884. The minimum absolute atomic E-state index is 0.0876. The Kier molecular flexibility index (Phi) is 36.2. The average molecular weight is 759 g/mol. The Hall–Kier alpha value is -1.02. The van der Waals surface area contributed by atoms with Crippen LogP contribution in [0.5, 0.6) is 0 Å². The molecule has 0 aromatic rings. The molecule has 0 saturated carbocycles. The molecule has 1 N–H and O–H groups in total. The van der Waals surface area contributed by atoms with Gasteiger partial charge in [-0.1, -0.05) is 160 Å². The first-order valence-corrected chi connectivity index (χ1v) is 23.1. The first-order chi connectivity index (χ1) is 25.1. The number of unbranched alkanes of at least 4 members (excludes halogenated alkanes) is 22. The number of rotatable bonds is 40. The first kappa shape index (κ1) is 51.0. The van der Waals surface area contributed by atoms with Crippen LogP contribution in [0.3, 0.4) is 0 Å². The van der Waals surface area contributed by atoms with Crippen molar-refractivity contribution in [1.29, 1.82) is 0 Å². The molecule has 9 heteroatoms. The average Bonchev–Trinajstić information content (AvgIpc) is 3.09. The predicted molar refractivity (Wildman–Crippen MR) is 220 cm³/mol. The second kappa shape index (κ2) is 36.9. The molecule has 308 valence electrons. The number of allylic oxidation sites excluding steroid dienone is 4. The summed E-state index contributed by atoms with van der Waals surface area (Å²) < 4.78 is 35.0. The topological polar surface area (TPSA) is 91.3 Å². The van der Waals surface area contributed by atoms with Crippen LogP contribution in [-0.2, 0) is 27.9 Å². The van der Waals surface area contributed by atoms with Crippen LogP contribution in [0.1, 0.15) is 187 Å². The van der Waals surface area contributed by atoms with Gasteiger partial charge in [0.1, 0.15) is 19.3 Å². The summed E-state index contributed by atoms with van der Waals surface area (Å²) in [6.07, 6.45) is 40.6. The van der Waals surface area contributed by atoms with E-state index in [2.05, 4.69) is 38.2 Å². The molecule has 0 aromatic carbocycles. The van der Waals surface area contributed by atoms with Crippen molar-refractivity contribution in [2.45, 2.75) is 193 Å². The van der Waals surface area contributed by atoms with E-state index in [1.807, 2.05) is 21.1 Å². The van der Waals surface area contributed by atoms with E-state index in [4.69, 9.17) is 18.5 Å². The van der Waals surface area contributed by atoms with Gasteiger partial charge >= 0.3 is 13.8 Å². The smallest absolute Gasteiger partial charge is 0.457 e. The number of phosphoric acid groups is 1. The number of likely N-dealkylation sites (N-methyl/N-ethyl adjacent to an activating group) is 1. The molecule has 0 heterocycles. The maximum Gasteiger partial charge on any atom is 0.472 e. The van der Waals surface area contributed by atoms with Crippen LogP contribution in [-0.4, -0.2) is 75.6 Å². The third-order valence-corrected chi connectivity index (χ3v) is 10.2. The molecule has 2 unspecified atom stereocenters. The standard InChI is InChI=1S/C43H84NO7P/c1-6-8-10-12-14-16-18-20-22-24-26-28-30-32-34-36-43(45)51-42(41-50-52(46,47)49-39-37-44(3,4)5)40-48-38-35-33-31-29-27-25-23-21-19-17-15-13-11-9-7-2/h14,16,20,22,42H,6-13,15,17-19,21,23-41H2,1-5H3/p+1/b16-14-,22-20-. The summed E-state index contributed by atoms with van der Waals surface area (Å²) >= 11 is 0. The summed E-state index contributed by atoms with van der Waals surface area (Å²) in [7, 11) is 1.66. The normalized spacial score (nSPS) is 14.0. The molecule has 0 aliphatic rings. The Balaban J connectivity index is 4.25. The fourth-order valence-electron chi connectivity index (χ4n) is 5.88. The van der Waals surface area contributed by atoms with Gasteiger partial charge in [-0.05, 0) is 44.9 Å². The van der Waals surface area contributed by atoms with Crippen molar-refractivity contribution in [3.63, 3.8) is 0 Å². The monoisotopic (exact) mass is 759 g/mol. The van der Waals surface area contributed by atoms with E-state index in [1.54, 1.807) is 0 Å². The fourth-order valence-corrected chi connectivity index (χ4v) is 6.62. The van der Waals surface area contributed by atoms with Crippen molar-refractivity contribution in [2.24, 2.45) is 0 Å². The number of nitrogens with zero attached hydrogens (tertiary/aromatic N) is 1. The Morgan fingerprint density at radius 2 is 1.06 bits per heavy atom. The van der Waals surface area contributed by atoms with Gasteiger partial charge in [-0.3, -0.25) is 13.8 Å². The van der Waals surface area contributed by atoms with Gasteiger partial charge in [-0.25, -0.2) is 4.57 Å². The lowest BCUT2D eigenvalue weighted by Crippen LogP contribution is -2.37. The summed E-state index contributed by atoms with van der Waals surface area (Å²) in [5.41, 5.74) is 0. The lowest BCUT2D eigenvalue weighted by Gasteiger charge is -2.24. The van der Waals surface area contributed by atoms with E-state index in [0.717, 1.165) is 57.8 Å². The van der Waals surface area contributed by atoms with E-state index in [9.17, 15) is 14.3 Å². The quantitative estimate of drug-likeness (QED) is 0.0219. The van der Waals surface area contributed by atoms with Crippen LogP contribution in [0.15, 0.2) is 24.3 Å². The molecule has 0 amide bonds. The zero-order valence-corrected chi connectivity index (χ0v) is 35.7. The first-order valence-electron chi connectivity index (χ1n) is 21.6. The van der Waals surface area contributed by atoms with Crippen molar-refractivity contribution in [1.82, 2.24) is 0 Å². The number of phosphoric ester groups is 1. The molecule has 0 bridgehead atoms. The third-order valence-electron chi connectivity index (χ3n) is 9.27. The number of carbonyl (C=O) groups excluding carboxylic acids is 1. The second-order valence-electron chi connectivity index (χ2n) is 15.7. The van der Waals surface area contributed by atoms with Gasteiger partial charge in [0.25, 0.3) is 0 Å². The molecular weight excluding hydrogens is 673 g/mol. The maximum atomic E-state index is 12.7. The van der Waals surface area contributed by atoms with Crippen LogP contribution < -0.4 is 0 Å². The maximum absolute atomic E-state index is 12.7. The minimum Gasteiger partial charge on any atom is -0.457 e. The molecule has 2 atom stereocenters. The van der Waals surface area contributed by atoms with Crippen molar-refractivity contribution in [3.8, 4) is 0 Å². The van der Waals surface area contributed by atoms with Crippen molar-refractivity contribution >= 4 is 13.8 Å². The van der Waals surface area contributed by atoms with Crippen LogP contribution in [0, 0.1) is 0 Å². The summed E-state index contributed by atoms with van der Waals surface area (Å²) in [4.78, 5) is 22.8. The van der Waals surface area contributed by atoms with Crippen molar-refractivity contribution in [2.75, 3.05) is 54.1 Å². The predicted octanol–water partition coefficient (Wildman–Crippen LogP) is 12.4. The Bertz CT molecular complexity index is 889. The van der Waals surface area contributed by atoms with Crippen LogP contribution in [0.25, 0.3) is 0 Å². The van der Waals surface area contributed by atoms with Crippen LogP contribution in [0.2, 0.25) is 0 Å². The lowest BCUT2D eigenvalue weighted by molar-refractivity contribution is -0.870. The highest BCUT2D eigenvalue weighted by Gasteiger charge is 2.26. The molecule has 52 heavy (non-hydrogen) atoms. The summed E-state index contributed by atoms with van der Waals surface area (Å²) in [5.74, 6) is -0.325. The highest BCUT2D eigenvalue weighted by molar-refractivity contribution is 7.47. The summed E-state index contributed by atoms with van der Waals surface area (Å²) in [6, 6.07) is 0. The zero-order chi connectivity index (χ0) is 38.4. The summed E-state index contributed by atoms with van der Waals surface area (Å²) in [6.45, 7) is 5.60. The number of hydrogen-bond acceptors (Lipinski definition) is 6. The summed E-state index contributed by atoms with van der Waals surface area (Å²) in [5, 5.41) is 0. The number of hydrogen-bond donors (Lipinski definition) is 1. The largest absolute Gasteiger partial charge is 0.472 e. The Morgan fingerprint density at radius 3 is 1.60 bits per heavy atom.